The van der Waals surface area contributed by atoms with Gasteiger partial charge in [-0.25, -0.2) is 0 Å². The van der Waals surface area contributed by atoms with Crippen LogP contribution >= 0.6 is 0 Å². The average molecular weight is 206 g/mol. The molecule has 1 aliphatic heterocycles. The van der Waals surface area contributed by atoms with E-state index >= 15 is 0 Å². The van der Waals surface area contributed by atoms with Gasteiger partial charge in [0.2, 0.25) is 0 Å². The Bertz CT molecular complexity index is 347. The first kappa shape index (κ1) is 9.33. The summed E-state index contributed by atoms with van der Waals surface area (Å²) >= 11 is 0. The number of hydrogen-bond donors (Lipinski definition) is 1. The molecule has 1 saturated carbocycles. The van der Waals surface area contributed by atoms with Crippen LogP contribution in [0.25, 0.3) is 0 Å². The quantitative estimate of drug-likeness (QED) is 0.813. The van der Waals surface area contributed by atoms with Gasteiger partial charge in [-0.2, -0.15) is 0 Å². The van der Waals surface area contributed by atoms with Crippen molar-refractivity contribution in [2.45, 2.75) is 45.2 Å². The summed E-state index contributed by atoms with van der Waals surface area (Å²) in [6, 6.07) is 0.449. The van der Waals surface area contributed by atoms with E-state index < -0.39 is 0 Å². The highest BCUT2D eigenvalue weighted by molar-refractivity contribution is 5.03. The Hall–Kier alpha value is -0.900. The van der Waals surface area contributed by atoms with Crippen molar-refractivity contribution in [1.82, 2.24) is 20.1 Å². The fraction of sp³-hybridized carbons (Fsp3) is 0.818. The second kappa shape index (κ2) is 3.59. The molecule has 15 heavy (non-hydrogen) atoms. The third kappa shape index (κ3) is 1.78. The minimum atomic E-state index is 0.449. The van der Waals surface area contributed by atoms with E-state index in [0.29, 0.717) is 6.04 Å². The van der Waals surface area contributed by atoms with Crippen LogP contribution in [0.1, 0.15) is 43.4 Å². The van der Waals surface area contributed by atoms with E-state index in [0.717, 1.165) is 30.7 Å². The molecule has 1 N–H and O–H groups in total. The maximum Gasteiger partial charge on any atom is 0.150 e. The van der Waals surface area contributed by atoms with Crippen LogP contribution in [0.5, 0.6) is 0 Å². The van der Waals surface area contributed by atoms with Crippen LogP contribution in [-0.2, 0) is 6.54 Å². The van der Waals surface area contributed by atoms with Crippen molar-refractivity contribution >= 4 is 0 Å². The Morgan fingerprint density at radius 1 is 1.33 bits per heavy atom. The number of aryl methyl sites for hydroxylation is 1. The van der Waals surface area contributed by atoms with E-state index in [4.69, 9.17) is 0 Å². The zero-order valence-electron chi connectivity index (χ0n) is 9.24. The summed E-state index contributed by atoms with van der Waals surface area (Å²) in [5, 5.41) is 12.0. The molecule has 1 atom stereocenters. The first-order valence-corrected chi connectivity index (χ1v) is 5.97. The molecule has 1 unspecified atom stereocenters. The molecule has 1 aromatic heterocycles. The van der Waals surface area contributed by atoms with Gasteiger partial charge in [-0.3, -0.25) is 0 Å². The molecule has 0 amide bonds. The molecule has 82 valence electrons. The number of hydrogen-bond acceptors (Lipinski definition) is 3. The van der Waals surface area contributed by atoms with E-state index in [-0.39, 0.29) is 0 Å². The molecule has 2 heterocycles. The molecule has 3 rings (SSSR count). The minimum Gasteiger partial charge on any atom is -0.314 e. The highest BCUT2D eigenvalue weighted by Crippen LogP contribution is 2.32. The number of nitrogens with one attached hydrogen (secondary N) is 1. The third-order valence-electron chi connectivity index (χ3n) is 3.47. The molecule has 0 aromatic carbocycles. The third-order valence-corrected chi connectivity index (χ3v) is 3.47. The van der Waals surface area contributed by atoms with Crippen LogP contribution in [0.4, 0.5) is 0 Å². The molecule has 1 saturated heterocycles. The number of nitrogens with zero attached hydrogens (tertiary/aromatic N) is 3. The molecule has 1 aromatic rings. The van der Waals surface area contributed by atoms with Gasteiger partial charge in [-0.15, -0.1) is 10.2 Å². The lowest BCUT2D eigenvalue weighted by atomic mass is 10.2. The van der Waals surface area contributed by atoms with Crippen molar-refractivity contribution in [2.24, 2.45) is 5.92 Å². The van der Waals surface area contributed by atoms with E-state index in [1.54, 1.807) is 0 Å². The zero-order valence-corrected chi connectivity index (χ0v) is 9.24. The highest BCUT2D eigenvalue weighted by atomic mass is 15.3. The predicted octanol–water partition coefficient (Wildman–Crippen LogP) is 1.42. The van der Waals surface area contributed by atoms with E-state index in [2.05, 4.69) is 27.0 Å². The summed E-state index contributed by atoms with van der Waals surface area (Å²) in [4.78, 5) is 0. The normalized spacial score (nSPS) is 26.1. The number of rotatable bonds is 3. The van der Waals surface area contributed by atoms with Crippen LogP contribution in [0, 0.1) is 12.8 Å². The maximum atomic E-state index is 4.33. The Morgan fingerprint density at radius 3 is 2.87 bits per heavy atom. The SMILES string of the molecule is Cc1nnc(C2CCCN2)n1CC1CC1. The lowest BCUT2D eigenvalue weighted by molar-refractivity contribution is 0.519. The van der Waals surface area contributed by atoms with Gasteiger partial charge in [0.1, 0.15) is 11.6 Å². The summed E-state index contributed by atoms with van der Waals surface area (Å²) in [5.41, 5.74) is 0. The molecule has 4 heteroatoms. The van der Waals surface area contributed by atoms with Crippen LogP contribution in [-0.4, -0.2) is 21.3 Å². The molecular formula is C11H18N4. The lowest BCUT2D eigenvalue weighted by Crippen LogP contribution is -2.19. The van der Waals surface area contributed by atoms with Gasteiger partial charge in [-0.1, -0.05) is 0 Å². The monoisotopic (exact) mass is 206 g/mol. The van der Waals surface area contributed by atoms with Crippen LogP contribution in [0.2, 0.25) is 0 Å². The van der Waals surface area contributed by atoms with E-state index in [1.165, 1.54) is 25.7 Å². The highest BCUT2D eigenvalue weighted by Gasteiger charge is 2.27. The van der Waals surface area contributed by atoms with Crippen molar-refractivity contribution in [3.8, 4) is 0 Å². The molecule has 2 aliphatic rings. The van der Waals surface area contributed by atoms with Gasteiger partial charge < -0.3 is 9.88 Å². The van der Waals surface area contributed by atoms with Crippen molar-refractivity contribution < 1.29 is 0 Å². The molecule has 1 aliphatic carbocycles. The molecule has 0 radical (unpaired) electrons. The average Bonchev–Trinajstić information content (AvgIpc) is 2.75. The Kier molecular flexibility index (Phi) is 2.24. The smallest absolute Gasteiger partial charge is 0.150 e. The second-order valence-electron chi connectivity index (χ2n) is 4.81. The van der Waals surface area contributed by atoms with Crippen LogP contribution in [0.15, 0.2) is 0 Å². The van der Waals surface area contributed by atoms with Crippen LogP contribution in [0.3, 0.4) is 0 Å². The first-order chi connectivity index (χ1) is 7.34. The van der Waals surface area contributed by atoms with Crippen molar-refractivity contribution in [1.29, 1.82) is 0 Å². The fourth-order valence-corrected chi connectivity index (χ4v) is 2.34. The van der Waals surface area contributed by atoms with Gasteiger partial charge >= 0.3 is 0 Å². The van der Waals surface area contributed by atoms with E-state index in [9.17, 15) is 0 Å². The summed E-state index contributed by atoms with van der Waals surface area (Å²) in [6.07, 6.45) is 5.24. The van der Waals surface area contributed by atoms with Crippen LogP contribution < -0.4 is 5.32 Å². The topological polar surface area (TPSA) is 42.7 Å². The minimum absolute atomic E-state index is 0.449. The van der Waals surface area contributed by atoms with Crippen molar-refractivity contribution in [3.05, 3.63) is 11.6 Å². The van der Waals surface area contributed by atoms with Gasteiger partial charge in [-0.05, 0) is 45.1 Å². The molecule has 0 spiro atoms. The Labute approximate surface area is 90.1 Å². The summed E-state index contributed by atoms with van der Waals surface area (Å²) < 4.78 is 2.32. The first-order valence-electron chi connectivity index (χ1n) is 5.97. The Balaban J connectivity index is 1.84. The summed E-state index contributed by atoms with van der Waals surface area (Å²) in [5.74, 6) is 3.13. The van der Waals surface area contributed by atoms with Gasteiger partial charge in [0, 0.05) is 6.54 Å². The maximum absolute atomic E-state index is 4.33. The lowest BCUT2D eigenvalue weighted by Gasteiger charge is -2.12. The van der Waals surface area contributed by atoms with Crippen molar-refractivity contribution in [2.75, 3.05) is 6.54 Å². The standard InChI is InChI=1S/C11H18N4/c1-8-13-14-11(10-3-2-6-12-10)15(8)7-9-4-5-9/h9-10,12H,2-7H2,1H3. The summed E-state index contributed by atoms with van der Waals surface area (Å²) in [7, 11) is 0. The molecule has 2 fully saturated rings. The molecule has 4 nitrogen and oxygen atoms in total. The van der Waals surface area contributed by atoms with Gasteiger partial charge in [0.15, 0.2) is 0 Å². The van der Waals surface area contributed by atoms with Gasteiger partial charge in [0.05, 0.1) is 6.04 Å². The fourth-order valence-electron chi connectivity index (χ4n) is 2.34. The summed E-state index contributed by atoms with van der Waals surface area (Å²) in [6.45, 7) is 4.32. The molecule has 0 bridgehead atoms. The number of aromatic nitrogens is 3. The largest absolute Gasteiger partial charge is 0.314 e. The second-order valence-corrected chi connectivity index (χ2v) is 4.81. The van der Waals surface area contributed by atoms with Gasteiger partial charge in [0.25, 0.3) is 0 Å². The molecular weight excluding hydrogens is 188 g/mol. The van der Waals surface area contributed by atoms with Crippen molar-refractivity contribution in [3.63, 3.8) is 0 Å². The van der Waals surface area contributed by atoms with E-state index in [1.807, 2.05) is 0 Å². The predicted molar refractivity (Wildman–Crippen MR) is 57.5 cm³/mol. The Morgan fingerprint density at radius 2 is 2.20 bits per heavy atom. The zero-order chi connectivity index (χ0) is 10.3.